The van der Waals surface area contributed by atoms with Gasteiger partial charge in [-0.2, -0.15) is 0 Å². The van der Waals surface area contributed by atoms with Crippen LogP contribution in [0, 0.1) is 5.82 Å². The summed E-state index contributed by atoms with van der Waals surface area (Å²) >= 11 is 0. The number of carbonyl (C=O) groups excluding carboxylic acids is 1. The van der Waals surface area contributed by atoms with Gasteiger partial charge in [0, 0.05) is 18.7 Å². The van der Waals surface area contributed by atoms with Crippen LogP contribution >= 0.6 is 0 Å². The van der Waals surface area contributed by atoms with Crippen LogP contribution in [0.2, 0.25) is 0 Å². The standard InChI is InChI=1S/C14H17FN2O3/c1-2-9-17(14(20)16-8-7-13(18)19)10-11-5-3-4-6-12(11)15/h2-6H,1,7-10H2,(H,16,20)(H,18,19). The second-order valence-corrected chi connectivity index (χ2v) is 4.14. The number of carbonyl (C=O) groups is 2. The first kappa shape index (κ1) is 15.7. The molecule has 0 saturated carbocycles. The molecule has 0 bridgehead atoms. The molecule has 1 aromatic carbocycles. The normalized spacial score (nSPS) is 9.85. The molecule has 0 saturated heterocycles. The van der Waals surface area contributed by atoms with E-state index in [1.807, 2.05) is 0 Å². The Hall–Kier alpha value is -2.37. The van der Waals surface area contributed by atoms with Crippen molar-refractivity contribution in [1.29, 1.82) is 0 Å². The fourth-order valence-electron chi connectivity index (χ4n) is 1.60. The van der Waals surface area contributed by atoms with E-state index in [1.165, 1.54) is 17.0 Å². The number of benzene rings is 1. The average molecular weight is 280 g/mol. The Morgan fingerprint density at radius 2 is 2.10 bits per heavy atom. The molecule has 0 radical (unpaired) electrons. The van der Waals surface area contributed by atoms with Crippen LogP contribution in [-0.4, -0.2) is 35.1 Å². The van der Waals surface area contributed by atoms with E-state index in [0.29, 0.717) is 5.56 Å². The fraction of sp³-hybridized carbons (Fsp3) is 0.286. The maximum atomic E-state index is 13.5. The van der Waals surface area contributed by atoms with Crippen molar-refractivity contribution in [3.63, 3.8) is 0 Å². The molecule has 20 heavy (non-hydrogen) atoms. The zero-order valence-electron chi connectivity index (χ0n) is 11.0. The summed E-state index contributed by atoms with van der Waals surface area (Å²) in [4.78, 5) is 23.6. The number of aliphatic carboxylic acids is 1. The van der Waals surface area contributed by atoms with Gasteiger partial charge in [-0.15, -0.1) is 6.58 Å². The highest BCUT2D eigenvalue weighted by Crippen LogP contribution is 2.10. The van der Waals surface area contributed by atoms with E-state index < -0.39 is 12.0 Å². The van der Waals surface area contributed by atoms with Gasteiger partial charge in [0.1, 0.15) is 5.82 Å². The molecule has 5 nitrogen and oxygen atoms in total. The van der Waals surface area contributed by atoms with Crippen molar-refractivity contribution in [2.75, 3.05) is 13.1 Å². The van der Waals surface area contributed by atoms with Crippen molar-refractivity contribution < 1.29 is 19.1 Å². The third-order valence-corrected chi connectivity index (χ3v) is 2.57. The zero-order valence-corrected chi connectivity index (χ0v) is 11.0. The first-order valence-electron chi connectivity index (χ1n) is 6.13. The van der Waals surface area contributed by atoms with Gasteiger partial charge >= 0.3 is 12.0 Å². The minimum atomic E-state index is -0.991. The van der Waals surface area contributed by atoms with Crippen LogP contribution in [0.5, 0.6) is 0 Å². The second kappa shape index (κ2) is 7.93. The van der Waals surface area contributed by atoms with E-state index >= 15 is 0 Å². The summed E-state index contributed by atoms with van der Waals surface area (Å²) in [7, 11) is 0. The third-order valence-electron chi connectivity index (χ3n) is 2.57. The van der Waals surface area contributed by atoms with Crippen LogP contribution in [0.25, 0.3) is 0 Å². The van der Waals surface area contributed by atoms with Gasteiger partial charge < -0.3 is 15.3 Å². The predicted octanol–water partition coefficient (Wildman–Crippen LogP) is 2.00. The number of carboxylic acid groups (broad SMARTS) is 1. The SMILES string of the molecule is C=CCN(Cc1ccccc1F)C(=O)NCCC(=O)O. The lowest BCUT2D eigenvalue weighted by atomic mass is 10.2. The van der Waals surface area contributed by atoms with Crippen molar-refractivity contribution in [2.24, 2.45) is 0 Å². The summed E-state index contributed by atoms with van der Waals surface area (Å²) in [6.07, 6.45) is 1.37. The molecular formula is C14H17FN2O3. The largest absolute Gasteiger partial charge is 0.481 e. The summed E-state index contributed by atoms with van der Waals surface area (Å²) in [6.45, 7) is 3.91. The molecule has 2 N–H and O–H groups in total. The Kier molecular flexibility index (Phi) is 6.22. The average Bonchev–Trinajstić information content (AvgIpc) is 2.40. The molecule has 0 aliphatic heterocycles. The first-order chi connectivity index (χ1) is 9.54. The molecule has 1 rings (SSSR count). The molecule has 0 aliphatic rings. The van der Waals surface area contributed by atoms with Crippen LogP contribution in [0.1, 0.15) is 12.0 Å². The molecule has 0 fully saturated rings. The lowest BCUT2D eigenvalue weighted by Crippen LogP contribution is -2.40. The van der Waals surface area contributed by atoms with Crippen molar-refractivity contribution in [2.45, 2.75) is 13.0 Å². The van der Waals surface area contributed by atoms with E-state index in [4.69, 9.17) is 5.11 Å². The van der Waals surface area contributed by atoms with Crippen LogP contribution in [0.15, 0.2) is 36.9 Å². The maximum Gasteiger partial charge on any atom is 0.317 e. The van der Waals surface area contributed by atoms with Gasteiger partial charge in [0.25, 0.3) is 0 Å². The van der Waals surface area contributed by atoms with Crippen LogP contribution in [0.3, 0.4) is 0 Å². The summed E-state index contributed by atoms with van der Waals surface area (Å²) in [6, 6.07) is 5.73. The number of hydrogen-bond acceptors (Lipinski definition) is 2. The summed E-state index contributed by atoms with van der Waals surface area (Å²) in [5.41, 5.74) is 0.391. The molecule has 0 aliphatic carbocycles. The quantitative estimate of drug-likeness (QED) is 0.750. The molecule has 0 spiro atoms. The minimum absolute atomic E-state index is 0.0269. The smallest absolute Gasteiger partial charge is 0.317 e. The molecule has 2 amide bonds. The molecule has 0 aromatic heterocycles. The highest BCUT2D eigenvalue weighted by atomic mass is 19.1. The first-order valence-corrected chi connectivity index (χ1v) is 6.13. The molecule has 1 aromatic rings. The van der Waals surface area contributed by atoms with Gasteiger partial charge in [-0.3, -0.25) is 4.79 Å². The Labute approximate surface area is 116 Å². The molecule has 0 atom stereocenters. The van der Waals surface area contributed by atoms with Gasteiger partial charge in [-0.25, -0.2) is 9.18 Å². The maximum absolute atomic E-state index is 13.5. The highest BCUT2D eigenvalue weighted by molar-refractivity contribution is 5.75. The number of amides is 2. The molecule has 0 unspecified atom stereocenters. The van der Waals surface area contributed by atoms with Gasteiger partial charge in [0.05, 0.1) is 13.0 Å². The summed E-state index contributed by atoms with van der Waals surface area (Å²) in [5, 5.41) is 11.0. The van der Waals surface area contributed by atoms with E-state index in [-0.39, 0.29) is 31.9 Å². The van der Waals surface area contributed by atoms with E-state index in [0.717, 1.165) is 0 Å². The number of nitrogens with zero attached hydrogens (tertiary/aromatic N) is 1. The number of hydrogen-bond donors (Lipinski definition) is 2. The Morgan fingerprint density at radius 3 is 2.70 bits per heavy atom. The highest BCUT2D eigenvalue weighted by Gasteiger charge is 2.14. The fourth-order valence-corrected chi connectivity index (χ4v) is 1.60. The lowest BCUT2D eigenvalue weighted by Gasteiger charge is -2.21. The number of nitrogens with one attached hydrogen (secondary N) is 1. The number of rotatable bonds is 7. The molecule has 6 heteroatoms. The Balaban J connectivity index is 2.64. The summed E-state index contributed by atoms with van der Waals surface area (Å²) < 4.78 is 13.5. The van der Waals surface area contributed by atoms with E-state index in [2.05, 4.69) is 11.9 Å². The lowest BCUT2D eigenvalue weighted by molar-refractivity contribution is -0.136. The number of carboxylic acids is 1. The van der Waals surface area contributed by atoms with Gasteiger partial charge in [-0.1, -0.05) is 24.3 Å². The molecule has 108 valence electrons. The van der Waals surface area contributed by atoms with E-state index in [1.54, 1.807) is 18.2 Å². The van der Waals surface area contributed by atoms with Gasteiger partial charge in [-0.05, 0) is 6.07 Å². The van der Waals surface area contributed by atoms with E-state index in [9.17, 15) is 14.0 Å². The molecular weight excluding hydrogens is 263 g/mol. The van der Waals surface area contributed by atoms with Crippen LogP contribution < -0.4 is 5.32 Å². The zero-order chi connectivity index (χ0) is 15.0. The Morgan fingerprint density at radius 1 is 1.40 bits per heavy atom. The van der Waals surface area contributed by atoms with Crippen LogP contribution in [-0.2, 0) is 11.3 Å². The third kappa shape index (κ3) is 5.09. The monoisotopic (exact) mass is 280 g/mol. The van der Waals surface area contributed by atoms with Crippen molar-refractivity contribution in [3.05, 3.63) is 48.3 Å². The number of halogens is 1. The minimum Gasteiger partial charge on any atom is -0.481 e. The number of urea groups is 1. The summed E-state index contributed by atoms with van der Waals surface area (Å²) in [5.74, 6) is -1.38. The van der Waals surface area contributed by atoms with Crippen LogP contribution in [0.4, 0.5) is 9.18 Å². The van der Waals surface area contributed by atoms with Crippen molar-refractivity contribution in [3.8, 4) is 0 Å². The second-order valence-electron chi connectivity index (χ2n) is 4.14. The van der Waals surface area contributed by atoms with Gasteiger partial charge in [0.2, 0.25) is 0 Å². The van der Waals surface area contributed by atoms with Gasteiger partial charge in [0.15, 0.2) is 0 Å². The molecule has 0 heterocycles. The van der Waals surface area contributed by atoms with Crippen molar-refractivity contribution >= 4 is 12.0 Å². The topological polar surface area (TPSA) is 69.6 Å². The predicted molar refractivity (Wildman–Crippen MR) is 72.7 cm³/mol. The van der Waals surface area contributed by atoms with Crippen molar-refractivity contribution in [1.82, 2.24) is 10.2 Å². The Bertz CT molecular complexity index is 491.